The van der Waals surface area contributed by atoms with Gasteiger partial charge in [0.2, 0.25) is 0 Å². The molecule has 0 N–H and O–H groups in total. The van der Waals surface area contributed by atoms with Gasteiger partial charge in [-0.2, -0.15) is 11.8 Å². The lowest BCUT2D eigenvalue weighted by molar-refractivity contribution is 0.250. The number of hydrogen-bond acceptors (Lipinski definition) is 4. The minimum atomic E-state index is 0.782. The lowest BCUT2D eigenvalue weighted by Crippen LogP contribution is -2.32. The van der Waals surface area contributed by atoms with Gasteiger partial charge in [0, 0.05) is 37.3 Å². The van der Waals surface area contributed by atoms with E-state index in [-0.39, 0.29) is 0 Å². The van der Waals surface area contributed by atoms with Crippen LogP contribution < -0.4 is 0 Å². The molecule has 0 radical (unpaired) electrons. The Balaban J connectivity index is 1.74. The monoisotopic (exact) mass is 293 g/mol. The number of rotatable bonds is 6. The molecule has 1 aromatic heterocycles. The molecule has 0 saturated carbocycles. The van der Waals surface area contributed by atoms with Crippen molar-refractivity contribution in [1.82, 2.24) is 14.8 Å². The summed E-state index contributed by atoms with van der Waals surface area (Å²) in [7, 11) is 0. The first-order chi connectivity index (χ1) is 9.78. The summed E-state index contributed by atoms with van der Waals surface area (Å²) >= 11 is 1.98. The van der Waals surface area contributed by atoms with E-state index in [1.807, 2.05) is 30.2 Å². The molecule has 1 atom stereocenters. The Morgan fingerprint density at radius 3 is 2.80 bits per heavy atom. The molecule has 0 spiro atoms. The van der Waals surface area contributed by atoms with E-state index >= 15 is 0 Å². The highest BCUT2D eigenvalue weighted by molar-refractivity contribution is 7.99. The van der Waals surface area contributed by atoms with Gasteiger partial charge in [0.05, 0.1) is 0 Å². The number of aromatic nitrogens is 1. The Kier molecular flexibility index (Phi) is 6.83. The third kappa shape index (κ3) is 5.43. The zero-order chi connectivity index (χ0) is 14.2. The van der Waals surface area contributed by atoms with Crippen LogP contribution in [0.3, 0.4) is 0 Å². The molecule has 0 amide bonds. The van der Waals surface area contributed by atoms with Crippen molar-refractivity contribution in [1.29, 1.82) is 0 Å². The zero-order valence-electron chi connectivity index (χ0n) is 12.8. The second kappa shape index (κ2) is 8.65. The summed E-state index contributed by atoms with van der Waals surface area (Å²) in [4.78, 5) is 9.41. The van der Waals surface area contributed by atoms with Gasteiger partial charge in [-0.05, 0) is 50.4 Å². The summed E-state index contributed by atoms with van der Waals surface area (Å²) in [5.74, 6) is 0. The van der Waals surface area contributed by atoms with Crippen LogP contribution in [0.2, 0.25) is 0 Å². The minimum absolute atomic E-state index is 0.782. The van der Waals surface area contributed by atoms with Crippen molar-refractivity contribution in [2.45, 2.75) is 31.6 Å². The van der Waals surface area contributed by atoms with Crippen LogP contribution in [0.4, 0.5) is 0 Å². The maximum atomic E-state index is 4.21. The van der Waals surface area contributed by atoms with Crippen LogP contribution in [0, 0.1) is 0 Å². The van der Waals surface area contributed by atoms with E-state index in [2.05, 4.69) is 34.0 Å². The first-order valence-corrected chi connectivity index (χ1v) is 8.93. The second-order valence-electron chi connectivity index (χ2n) is 5.67. The molecule has 2 rings (SSSR count). The molecule has 1 aliphatic heterocycles. The summed E-state index contributed by atoms with van der Waals surface area (Å²) in [5.41, 5.74) is 1.33. The van der Waals surface area contributed by atoms with Gasteiger partial charge in [-0.15, -0.1) is 0 Å². The zero-order valence-corrected chi connectivity index (χ0v) is 13.6. The van der Waals surface area contributed by atoms with Gasteiger partial charge in [-0.1, -0.05) is 13.0 Å². The van der Waals surface area contributed by atoms with Crippen molar-refractivity contribution in [2.75, 3.05) is 39.0 Å². The maximum absolute atomic E-state index is 4.21. The minimum Gasteiger partial charge on any atom is -0.302 e. The Morgan fingerprint density at radius 1 is 1.25 bits per heavy atom. The van der Waals surface area contributed by atoms with E-state index in [4.69, 9.17) is 0 Å². The highest BCUT2D eigenvalue weighted by Crippen LogP contribution is 2.12. The lowest BCUT2D eigenvalue weighted by atomic mass is 10.2. The van der Waals surface area contributed by atoms with Crippen molar-refractivity contribution >= 4 is 11.8 Å². The summed E-state index contributed by atoms with van der Waals surface area (Å²) in [5, 5.41) is 0.782. The Bertz CT molecular complexity index is 371. The topological polar surface area (TPSA) is 19.4 Å². The number of nitrogens with zero attached hydrogens (tertiary/aromatic N) is 3. The van der Waals surface area contributed by atoms with Crippen LogP contribution in [0.5, 0.6) is 0 Å². The van der Waals surface area contributed by atoms with Crippen LogP contribution in [0.15, 0.2) is 24.5 Å². The van der Waals surface area contributed by atoms with Gasteiger partial charge in [0.25, 0.3) is 0 Å². The fourth-order valence-electron chi connectivity index (χ4n) is 2.64. The van der Waals surface area contributed by atoms with Crippen LogP contribution in [-0.2, 0) is 6.54 Å². The van der Waals surface area contributed by atoms with E-state index in [1.54, 1.807) is 0 Å². The normalized spacial score (nSPS) is 19.7. The van der Waals surface area contributed by atoms with E-state index < -0.39 is 0 Å². The molecule has 0 bridgehead atoms. The molecule has 112 valence electrons. The molecular formula is C16H27N3S. The fourth-order valence-corrected chi connectivity index (χ4v) is 2.98. The number of thioether (sulfide) groups is 1. The molecule has 0 aliphatic carbocycles. The SMILES string of the molecule is CS[C@@H](C)CCN1CCCN(Cc2cccnc2)CC1. The van der Waals surface area contributed by atoms with Crippen molar-refractivity contribution in [3.8, 4) is 0 Å². The standard InChI is InChI=1S/C16H27N3S/c1-15(20-2)6-10-18-8-4-9-19(12-11-18)14-16-5-3-7-17-13-16/h3,5,7,13,15H,4,6,8-12,14H2,1-2H3/t15-/m0/s1. The first kappa shape index (κ1) is 15.8. The van der Waals surface area contributed by atoms with E-state index in [0.29, 0.717) is 0 Å². The molecular weight excluding hydrogens is 266 g/mol. The van der Waals surface area contributed by atoms with E-state index in [0.717, 1.165) is 11.8 Å². The van der Waals surface area contributed by atoms with Gasteiger partial charge in [0.1, 0.15) is 0 Å². The molecule has 1 aromatic rings. The molecule has 0 unspecified atom stereocenters. The van der Waals surface area contributed by atoms with Gasteiger partial charge in [-0.25, -0.2) is 0 Å². The molecule has 3 nitrogen and oxygen atoms in total. The van der Waals surface area contributed by atoms with Crippen molar-refractivity contribution in [2.24, 2.45) is 0 Å². The molecule has 1 saturated heterocycles. The summed E-state index contributed by atoms with van der Waals surface area (Å²) in [6.07, 6.45) is 8.64. The Labute approximate surface area is 127 Å². The van der Waals surface area contributed by atoms with E-state index in [9.17, 15) is 0 Å². The third-order valence-corrected chi connectivity index (χ3v) is 5.10. The van der Waals surface area contributed by atoms with Crippen LogP contribution in [0.25, 0.3) is 0 Å². The van der Waals surface area contributed by atoms with Gasteiger partial charge >= 0.3 is 0 Å². The van der Waals surface area contributed by atoms with Crippen LogP contribution >= 0.6 is 11.8 Å². The largest absolute Gasteiger partial charge is 0.302 e. The van der Waals surface area contributed by atoms with Crippen molar-refractivity contribution in [3.63, 3.8) is 0 Å². The number of pyridine rings is 1. The summed E-state index contributed by atoms with van der Waals surface area (Å²) in [6, 6.07) is 4.21. The van der Waals surface area contributed by atoms with E-state index in [1.165, 1.54) is 51.1 Å². The molecule has 0 aromatic carbocycles. The average molecular weight is 293 g/mol. The number of hydrogen-bond donors (Lipinski definition) is 0. The summed E-state index contributed by atoms with van der Waals surface area (Å²) < 4.78 is 0. The van der Waals surface area contributed by atoms with Crippen molar-refractivity contribution < 1.29 is 0 Å². The first-order valence-electron chi connectivity index (χ1n) is 7.64. The molecule has 1 aliphatic rings. The third-order valence-electron chi connectivity index (χ3n) is 4.06. The van der Waals surface area contributed by atoms with Crippen molar-refractivity contribution in [3.05, 3.63) is 30.1 Å². The van der Waals surface area contributed by atoms with Crippen LogP contribution in [0.1, 0.15) is 25.3 Å². The summed E-state index contributed by atoms with van der Waals surface area (Å²) in [6.45, 7) is 9.49. The Hall–Kier alpha value is -0.580. The second-order valence-corrected chi connectivity index (χ2v) is 6.94. The van der Waals surface area contributed by atoms with Gasteiger partial charge in [0.15, 0.2) is 0 Å². The predicted molar refractivity (Wildman–Crippen MR) is 88.2 cm³/mol. The predicted octanol–water partition coefficient (Wildman–Crippen LogP) is 2.73. The molecule has 4 heteroatoms. The molecule has 20 heavy (non-hydrogen) atoms. The highest BCUT2D eigenvalue weighted by atomic mass is 32.2. The smallest absolute Gasteiger partial charge is 0.0312 e. The molecule has 1 fully saturated rings. The maximum Gasteiger partial charge on any atom is 0.0312 e. The van der Waals surface area contributed by atoms with Crippen LogP contribution in [-0.4, -0.2) is 59.0 Å². The quantitative estimate of drug-likeness (QED) is 0.803. The van der Waals surface area contributed by atoms with Gasteiger partial charge in [-0.3, -0.25) is 9.88 Å². The average Bonchev–Trinajstić information content (AvgIpc) is 2.71. The van der Waals surface area contributed by atoms with Gasteiger partial charge < -0.3 is 4.90 Å². The fraction of sp³-hybridized carbons (Fsp3) is 0.688. The Morgan fingerprint density at radius 2 is 2.05 bits per heavy atom. The lowest BCUT2D eigenvalue weighted by Gasteiger charge is -2.22. The highest BCUT2D eigenvalue weighted by Gasteiger charge is 2.15. The molecule has 2 heterocycles.